The van der Waals surface area contributed by atoms with Gasteiger partial charge in [-0.3, -0.25) is 0 Å². The van der Waals surface area contributed by atoms with E-state index in [1.54, 1.807) is 0 Å². The van der Waals surface area contributed by atoms with Crippen LogP contribution in [0.15, 0.2) is 24.3 Å². The zero-order valence-electron chi connectivity index (χ0n) is 12.0. The predicted octanol–water partition coefficient (Wildman–Crippen LogP) is 4.85. The van der Waals surface area contributed by atoms with E-state index < -0.39 is 5.60 Å². The highest BCUT2D eigenvalue weighted by atomic mass is 35.5. The summed E-state index contributed by atoms with van der Waals surface area (Å²) in [5.74, 6) is 1.51. The Hall–Kier alpha value is -0.530. The van der Waals surface area contributed by atoms with Crippen molar-refractivity contribution in [2.24, 2.45) is 11.8 Å². The van der Waals surface area contributed by atoms with Gasteiger partial charge in [-0.05, 0) is 48.8 Å². The highest BCUT2D eigenvalue weighted by Crippen LogP contribution is 2.35. The fourth-order valence-electron chi connectivity index (χ4n) is 3.24. The molecule has 0 heterocycles. The average Bonchev–Trinajstić information content (AvgIpc) is 2.55. The predicted molar refractivity (Wildman–Crippen MR) is 81.5 cm³/mol. The minimum atomic E-state index is -0.516. The van der Waals surface area contributed by atoms with Crippen LogP contribution in [0, 0.1) is 11.8 Å². The van der Waals surface area contributed by atoms with Crippen LogP contribution < -0.4 is 0 Å². The molecule has 1 aromatic rings. The lowest BCUT2D eigenvalue weighted by molar-refractivity contribution is 0.0237. The fourth-order valence-corrected chi connectivity index (χ4v) is 3.37. The van der Waals surface area contributed by atoms with E-state index >= 15 is 0 Å². The maximum absolute atomic E-state index is 10.8. The second kappa shape index (κ2) is 6.28. The van der Waals surface area contributed by atoms with Gasteiger partial charge < -0.3 is 5.11 Å². The summed E-state index contributed by atoms with van der Waals surface area (Å²) in [7, 11) is 0. The molecule has 2 atom stereocenters. The molecule has 2 rings (SSSR count). The van der Waals surface area contributed by atoms with Crippen LogP contribution in [0.5, 0.6) is 0 Å². The quantitative estimate of drug-likeness (QED) is 0.785. The van der Waals surface area contributed by atoms with Crippen molar-refractivity contribution in [1.82, 2.24) is 0 Å². The Morgan fingerprint density at radius 1 is 1.21 bits per heavy atom. The van der Waals surface area contributed by atoms with Gasteiger partial charge in [0.15, 0.2) is 0 Å². The van der Waals surface area contributed by atoms with Crippen LogP contribution in [0.1, 0.15) is 51.5 Å². The van der Waals surface area contributed by atoms with Crippen molar-refractivity contribution in [2.45, 2.75) is 58.0 Å². The molecule has 1 fully saturated rings. The summed E-state index contributed by atoms with van der Waals surface area (Å²) < 4.78 is 0. The van der Waals surface area contributed by atoms with Gasteiger partial charge in [-0.15, -0.1) is 0 Å². The minimum Gasteiger partial charge on any atom is -0.390 e. The molecule has 0 spiro atoms. The molecular weight excluding hydrogens is 256 g/mol. The minimum absolute atomic E-state index is 0.516. The van der Waals surface area contributed by atoms with Crippen LogP contribution >= 0.6 is 11.6 Å². The fraction of sp³-hybridized carbons (Fsp3) is 0.647. The third-order valence-electron chi connectivity index (χ3n) is 4.59. The molecule has 1 nitrogen and oxygen atoms in total. The Labute approximate surface area is 122 Å². The average molecular weight is 281 g/mol. The monoisotopic (exact) mass is 280 g/mol. The van der Waals surface area contributed by atoms with Crippen molar-refractivity contribution < 1.29 is 5.11 Å². The van der Waals surface area contributed by atoms with E-state index in [4.69, 9.17) is 11.6 Å². The Morgan fingerprint density at radius 3 is 2.53 bits per heavy atom. The topological polar surface area (TPSA) is 20.2 Å². The van der Waals surface area contributed by atoms with Crippen molar-refractivity contribution in [3.63, 3.8) is 0 Å². The van der Waals surface area contributed by atoms with Crippen molar-refractivity contribution in [3.05, 3.63) is 34.9 Å². The highest BCUT2D eigenvalue weighted by molar-refractivity contribution is 6.30. The van der Waals surface area contributed by atoms with Gasteiger partial charge in [0.1, 0.15) is 0 Å². The first-order valence-electron chi connectivity index (χ1n) is 7.45. The number of hydrogen-bond donors (Lipinski definition) is 1. The number of aliphatic hydroxyl groups is 1. The summed E-state index contributed by atoms with van der Waals surface area (Å²) in [6, 6.07) is 7.89. The number of benzene rings is 1. The van der Waals surface area contributed by atoms with Gasteiger partial charge in [0.25, 0.3) is 0 Å². The molecule has 2 unspecified atom stereocenters. The van der Waals surface area contributed by atoms with Crippen molar-refractivity contribution >= 4 is 11.6 Å². The molecule has 19 heavy (non-hydrogen) atoms. The van der Waals surface area contributed by atoms with Crippen molar-refractivity contribution in [2.75, 3.05) is 0 Å². The van der Waals surface area contributed by atoms with Crippen LogP contribution in [-0.2, 0) is 6.42 Å². The Kier molecular flexibility index (Phi) is 4.92. The van der Waals surface area contributed by atoms with Gasteiger partial charge in [0.05, 0.1) is 5.60 Å². The summed E-state index contributed by atoms with van der Waals surface area (Å²) in [5.41, 5.74) is 0.673. The largest absolute Gasteiger partial charge is 0.390 e. The Morgan fingerprint density at radius 2 is 1.89 bits per heavy atom. The van der Waals surface area contributed by atoms with Crippen LogP contribution in [0.4, 0.5) is 0 Å². The molecule has 1 saturated carbocycles. The summed E-state index contributed by atoms with van der Waals surface area (Å²) >= 11 is 5.91. The van der Waals surface area contributed by atoms with Crippen LogP contribution in [0.3, 0.4) is 0 Å². The second-order valence-electron chi connectivity index (χ2n) is 6.46. The van der Waals surface area contributed by atoms with Gasteiger partial charge in [0, 0.05) is 11.4 Å². The van der Waals surface area contributed by atoms with Crippen molar-refractivity contribution in [1.29, 1.82) is 0 Å². The van der Waals surface area contributed by atoms with Gasteiger partial charge in [0.2, 0.25) is 0 Å². The molecule has 0 aromatic heterocycles. The molecular formula is C17H25ClO. The number of rotatable bonds is 3. The molecule has 106 valence electrons. The van der Waals surface area contributed by atoms with Crippen LogP contribution in [0.2, 0.25) is 5.02 Å². The maximum atomic E-state index is 10.8. The summed E-state index contributed by atoms with van der Waals surface area (Å²) in [6.45, 7) is 4.60. The van der Waals surface area contributed by atoms with E-state index in [1.165, 1.54) is 12.0 Å². The molecule has 0 radical (unpaired) electrons. The lowest BCUT2D eigenvalue weighted by Crippen LogP contribution is -2.30. The Balaban J connectivity index is 2.00. The van der Waals surface area contributed by atoms with E-state index in [0.717, 1.165) is 49.0 Å². The lowest BCUT2D eigenvalue weighted by Gasteiger charge is -2.27. The molecule has 1 aromatic carbocycles. The first-order chi connectivity index (χ1) is 8.98. The summed E-state index contributed by atoms with van der Waals surface area (Å²) in [4.78, 5) is 0. The van der Waals surface area contributed by atoms with Crippen LogP contribution in [-0.4, -0.2) is 10.7 Å². The Bertz CT molecular complexity index is 398. The van der Waals surface area contributed by atoms with E-state index in [-0.39, 0.29) is 0 Å². The van der Waals surface area contributed by atoms with E-state index in [1.807, 2.05) is 24.3 Å². The third kappa shape index (κ3) is 4.22. The summed E-state index contributed by atoms with van der Waals surface area (Å²) in [5, 5.41) is 11.6. The first-order valence-corrected chi connectivity index (χ1v) is 7.83. The van der Waals surface area contributed by atoms with E-state index in [9.17, 15) is 5.11 Å². The van der Waals surface area contributed by atoms with Gasteiger partial charge in [-0.1, -0.05) is 50.4 Å². The SMILES string of the molecule is CC(C)C1CCCC(O)(Cc2ccc(Cl)cc2)CC1. The second-order valence-corrected chi connectivity index (χ2v) is 6.90. The van der Waals surface area contributed by atoms with Gasteiger partial charge in [-0.2, -0.15) is 0 Å². The zero-order chi connectivity index (χ0) is 13.9. The molecule has 1 aliphatic carbocycles. The molecule has 0 bridgehead atoms. The van der Waals surface area contributed by atoms with Gasteiger partial charge >= 0.3 is 0 Å². The van der Waals surface area contributed by atoms with Crippen LogP contribution in [0.25, 0.3) is 0 Å². The number of hydrogen-bond acceptors (Lipinski definition) is 1. The maximum Gasteiger partial charge on any atom is 0.0688 e. The highest BCUT2D eigenvalue weighted by Gasteiger charge is 2.31. The number of halogens is 1. The van der Waals surface area contributed by atoms with E-state index in [0.29, 0.717) is 0 Å². The molecule has 0 amide bonds. The van der Waals surface area contributed by atoms with Crippen molar-refractivity contribution in [3.8, 4) is 0 Å². The molecule has 1 aliphatic rings. The zero-order valence-corrected chi connectivity index (χ0v) is 12.8. The lowest BCUT2D eigenvalue weighted by atomic mass is 9.85. The molecule has 2 heteroatoms. The third-order valence-corrected chi connectivity index (χ3v) is 4.84. The molecule has 0 aliphatic heterocycles. The summed E-state index contributed by atoms with van der Waals surface area (Å²) in [6.07, 6.45) is 6.18. The normalized spacial score (nSPS) is 28.4. The van der Waals surface area contributed by atoms with Gasteiger partial charge in [-0.25, -0.2) is 0 Å². The first kappa shape index (κ1) is 14.9. The molecule has 1 N–H and O–H groups in total. The smallest absolute Gasteiger partial charge is 0.0688 e. The standard InChI is InChI=1S/C17H25ClO/c1-13(2)15-4-3-10-17(19,11-9-15)12-14-5-7-16(18)8-6-14/h5-8,13,15,19H,3-4,9-12H2,1-2H3. The molecule has 0 saturated heterocycles. The van der Waals surface area contributed by atoms with E-state index in [2.05, 4.69) is 13.8 Å².